The molecule has 132 valence electrons. The number of halogens is 1. The number of hydrogen-bond donors (Lipinski definition) is 0. The zero-order valence-electron chi connectivity index (χ0n) is 14.4. The van der Waals surface area contributed by atoms with Crippen LogP contribution in [0.2, 0.25) is 0 Å². The molecule has 0 fully saturated rings. The topological polar surface area (TPSA) is 62.5 Å². The van der Waals surface area contributed by atoms with Crippen molar-refractivity contribution in [1.29, 1.82) is 0 Å². The second-order valence-electron chi connectivity index (χ2n) is 5.49. The summed E-state index contributed by atoms with van der Waals surface area (Å²) in [5.74, 6) is -0.999. The molecule has 0 aliphatic carbocycles. The van der Waals surface area contributed by atoms with Gasteiger partial charge < -0.3 is 9.47 Å². The fraction of sp³-hybridized carbons (Fsp3) is 0.750. The van der Waals surface area contributed by atoms with Crippen molar-refractivity contribution in [3.05, 3.63) is 32.9 Å². The summed E-state index contributed by atoms with van der Waals surface area (Å²) in [7, 11) is 0. The molecular weight excluding hydrogens is 303 g/mol. The highest BCUT2D eigenvalue weighted by atomic mass is 19.1. The molecule has 2 atom stereocenters. The molecule has 1 rings (SSSR count). The second-order valence-corrected chi connectivity index (χ2v) is 5.49. The van der Waals surface area contributed by atoms with Crippen LogP contribution < -0.4 is 11.2 Å². The van der Waals surface area contributed by atoms with E-state index in [1.54, 1.807) is 13.8 Å². The molecule has 23 heavy (non-hydrogen) atoms. The molecule has 0 spiro atoms. The van der Waals surface area contributed by atoms with Gasteiger partial charge in [-0.05, 0) is 26.7 Å². The van der Waals surface area contributed by atoms with E-state index in [0.29, 0.717) is 13.2 Å². The van der Waals surface area contributed by atoms with Crippen LogP contribution in [0, 0.1) is 5.82 Å². The minimum atomic E-state index is -0.999. The molecule has 0 saturated heterocycles. The van der Waals surface area contributed by atoms with Gasteiger partial charge in [0, 0.05) is 13.2 Å². The van der Waals surface area contributed by atoms with Crippen LogP contribution in [0.5, 0.6) is 0 Å². The number of nitrogens with zero attached hydrogens (tertiary/aromatic N) is 2. The molecule has 7 heteroatoms. The van der Waals surface area contributed by atoms with E-state index in [-0.39, 0.29) is 0 Å². The van der Waals surface area contributed by atoms with Crippen LogP contribution in [0.1, 0.15) is 65.8 Å². The Morgan fingerprint density at radius 3 is 2.09 bits per heavy atom. The predicted molar refractivity (Wildman–Crippen MR) is 86.1 cm³/mol. The van der Waals surface area contributed by atoms with Gasteiger partial charge in [-0.15, -0.1) is 0 Å². The summed E-state index contributed by atoms with van der Waals surface area (Å²) in [6.45, 7) is 8.11. The number of unbranched alkanes of at least 4 members (excludes halogenated alkanes) is 2. The van der Waals surface area contributed by atoms with Crippen LogP contribution in [0.25, 0.3) is 0 Å². The van der Waals surface area contributed by atoms with Gasteiger partial charge in [0.05, 0.1) is 6.20 Å². The van der Waals surface area contributed by atoms with Crippen LogP contribution in [0.3, 0.4) is 0 Å². The molecule has 2 unspecified atom stereocenters. The molecule has 0 N–H and O–H groups in total. The van der Waals surface area contributed by atoms with E-state index in [9.17, 15) is 14.0 Å². The van der Waals surface area contributed by atoms with Crippen molar-refractivity contribution >= 4 is 0 Å². The minimum absolute atomic E-state index is 0.405. The van der Waals surface area contributed by atoms with E-state index < -0.39 is 29.5 Å². The first-order valence-electron chi connectivity index (χ1n) is 8.20. The van der Waals surface area contributed by atoms with E-state index >= 15 is 0 Å². The molecule has 0 aliphatic heterocycles. The summed E-state index contributed by atoms with van der Waals surface area (Å²) in [6.07, 6.45) is 2.95. The largest absolute Gasteiger partial charge is 0.358 e. The fourth-order valence-electron chi connectivity index (χ4n) is 2.09. The van der Waals surface area contributed by atoms with Gasteiger partial charge in [0.15, 0.2) is 0 Å². The van der Waals surface area contributed by atoms with Crippen molar-refractivity contribution in [2.24, 2.45) is 0 Å². The summed E-state index contributed by atoms with van der Waals surface area (Å²) in [5, 5.41) is 0. The van der Waals surface area contributed by atoms with Crippen molar-refractivity contribution in [3.8, 4) is 0 Å². The molecule has 0 saturated carbocycles. The lowest BCUT2D eigenvalue weighted by Gasteiger charge is -2.20. The highest BCUT2D eigenvalue weighted by Gasteiger charge is 2.19. The van der Waals surface area contributed by atoms with Crippen molar-refractivity contribution in [3.63, 3.8) is 0 Å². The Bertz CT molecular complexity index is 597. The fourth-order valence-corrected chi connectivity index (χ4v) is 2.09. The van der Waals surface area contributed by atoms with Gasteiger partial charge in [-0.2, -0.15) is 4.39 Å². The van der Waals surface area contributed by atoms with Crippen LogP contribution in [0.15, 0.2) is 15.8 Å². The first kappa shape index (κ1) is 19.6. The molecule has 0 aliphatic rings. The lowest BCUT2D eigenvalue weighted by atomic mass is 10.4. The monoisotopic (exact) mass is 330 g/mol. The van der Waals surface area contributed by atoms with Crippen LogP contribution in [0.4, 0.5) is 4.39 Å². The SMILES string of the molecule is CCCCOC(C)n1cc(F)c(=O)n(C(C)OCCCC)c1=O. The highest BCUT2D eigenvalue weighted by molar-refractivity contribution is 4.92. The van der Waals surface area contributed by atoms with E-state index in [2.05, 4.69) is 0 Å². The molecule has 6 nitrogen and oxygen atoms in total. The lowest BCUT2D eigenvalue weighted by Crippen LogP contribution is -2.44. The molecule has 0 radical (unpaired) electrons. The third kappa shape index (κ3) is 5.28. The number of rotatable bonds is 10. The van der Waals surface area contributed by atoms with Crippen molar-refractivity contribution in [2.75, 3.05) is 13.2 Å². The average Bonchev–Trinajstić information content (AvgIpc) is 2.51. The first-order valence-corrected chi connectivity index (χ1v) is 8.20. The molecule has 1 aromatic heterocycles. The smallest absolute Gasteiger partial charge is 0.335 e. The predicted octanol–water partition coefficient (Wildman–Crippen LogP) is 2.82. The maximum Gasteiger partial charge on any atom is 0.335 e. The maximum atomic E-state index is 13.9. The summed E-state index contributed by atoms with van der Waals surface area (Å²) in [6, 6.07) is 0. The lowest BCUT2D eigenvalue weighted by molar-refractivity contribution is -0.00786. The number of aromatic nitrogens is 2. The standard InChI is InChI=1S/C16H27FN2O4/c1-5-7-9-22-12(3)18-11-14(17)15(20)19(16(18)21)13(4)23-10-8-6-2/h11-13H,5-10H2,1-4H3. The van der Waals surface area contributed by atoms with E-state index in [1.807, 2.05) is 13.8 Å². The van der Waals surface area contributed by atoms with Crippen LogP contribution >= 0.6 is 0 Å². The number of ether oxygens (including phenoxy) is 2. The third-order valence-corrected chi connectivity index (χ3v) is 3.57. The average molecular weight is 330 g/mol. The third-order valence-electron chi connectivity index (χ3n) is 3.57. The number of hydrogen-bond acceptors (Lipinski definition) is 4. The van der Waals surface area contributed by atoms with Crippen molar-refractivity contribution < 1.29 is 13.9 Å². The Morgan fingerprint density at radius 1 is 1.04 bits per heavy atom. The van der Waals surface area contributed by atoms with Gasteiger partial charge in [-0.3, -0.25) is 9.36 Å². The molecule has 1 aromatic rings. The molecule has 0 amide bonds. The summed E-state index contributed by atoms with van der Waals surface area (Å²) < 4.78 is 26.8. The van der Waals surface area contributed by atoms with Gasteiger partial charge in [-0.25, -0.2) is 9.36 Å². The van der Waals surface area contributed by atoms with Crippen molar-refractivity contribution in [1.82, 2.24) is 9.13 Å². The Labute approximate surface area is 135 Å². The molecule has 1 heterocycles. The van der Waals surface area contributed by atoms with E-state index in [4.69, 9.17) is 9.47 Å². The van der Waals surface area contributed by atoms with Crippen LogP contribution in [-0.4, -0.2) is 22.3 Å². The van der Waals surface area contributed by atoms with E-state index in [1.165, 1.54) is 0 Å². The first-order chi connectivity index (χ1) is 10.9. The summed E-state index contributed by atoms with van der Waals surface area (Å²) >= 11 is 0. The highest BCUT2D eigenvalue weighted by Crippen LogP contribution is 2.08. The Hall–Kier alpha value is -1.47. The molecule has 0 bridgehead atoms. The van der Waals surface area contributed by atoms with Gasteiger partial charge in [0.1, 0.15) is 12.5 Å². The molecule has 0 aromatic carbocycles. The second kappa shape index (κ2) is 9.62. The minimum Gasteiger partial charge on any atom is -0.358 e. The Balaban J connectivity index is 3.06. The van der Waals surface area contributed by atoms with Gasteiger partial charge >= 0.3 is 5.69 Å². The normalized spacial score (nSPS) is 14.0. The zero-order valence-corrected chi connectivity index (χ0v) is 14.4. The maximum absolute atomic E-state index is 13.9. The van der Waals surface area contributed by atoms with E-state index in [0.717, 1.165) is 41.0 Å². The summed E-state index contributed by atoms with van der Waals surface area (Å²) in [5.41, 5.74) is -1.61. The van der Waals surface area contributed by atoms with Gasteiger partial charge in [0.25, 0.3) is 5.56 Å². The Morgan fingerprint density at radius 2 is 1.57 bits per heavy atom. The quantitative estimate of drug-likeness (QED) is 0.619. The van der Waals surface area contributed by atoms with Gasteiger partial charge in [0.2, 0.25) is 5.82 Å². The summed E-state index contributed by atoms with van der Waals surface area (Å²) in [4.78, 5) is 24.4. The zero-order chi connectivity index (χ0) is 17.4. The molecular formula is C16H27FN2O4. The van der Waals surface area contributed by atoms with Crippen LogP contribution in [-0.2, 0) is 9.47 Å². The Kier molecular flexibility index (Phi) is 8.19. The van der Waals surface area contributed by atoms with Gasteiger partial charge in [-0.1, -0.05) is 26.7 Å². The van der Waals surface area contributed by atoms with Crippen molar-refractivity contribution in [2.45, 2.75) is 65.8 Å².